The third-order valence-electron chi connectivity index (χ3n) is 2.18. The van der Waals surface area contributed by atoms with Crippen molar-refractivity contribution in [1.29, 1.82) is 0 Å². The normalized spacial score (nSPS) is 10.0. The first-order chi connectivity index (χ1) is 7.75. The summed E-state index contributed by atoms with van der Waals surface area (Å²) in [4.78, 5) is 18.1. The molecule has 4 N–H and O–H groups in total. The third-order valence-corrected chi connectivity index (χ3v) is 2.18. The summed E-state index contributed by atoms with van der Waals surface area (Å²) in [6.07, 6.45) is 2.95. The average Bonchev–Trinajstić information content (AvgIpc) is 2.81. The highest BCUT2D eigenvalue weighted by Gasteiger charge is 2.05. The summed E-state index contributed by atoms with van der Waals surface area (Å²) in [5.74, 6) is -0.172. The summed E-state index contributed by atoms with van der Waals surface area (Å²) in [5.41, 5.74) is 7.73. The van der Waals surface area contributed by atoms with Crippen LogP contribution in [0.3, 0.4) is 0 Å². The lowest BCUT2D eigenvalue weighted by Crippen LogP contribution is -2.23. The van der Waals surface area contributed by atoms with E-state index in [1.54, 1.807) is 12.1 Å². The van der Waals surface area contributed by atoms with Crippen LogP contribution < -0.4 is 11.1 Å². The summed E-state index contributed by atoms with van der Waals surface area (Å²) in [6.45, 7) is 0.470. The SMILES string of the molecule is Nc1ccc(CNC(=O)c2cnc[nH]2)cc1. The Kier molecular flexibility index (Phi) is 2.86. The minimum atomic E-state index is -0.172. The molecule has 2 aromatic rings. The number of anilines is 1. The van der Waals surface area contributed by atoms with Crippen LogP contribution in [0.1, 0.15) is 16.1 Å². The van der Waals surface area contributed by atoms with Gasteiger partial charge in [-0.25, -0.2) is 4.98 Å². The van der Waals surface area contributed by atoms with E-state index in [9.17, 15) is 4.79 Å². The van der Waals surface area contributed by atoms with Crippen molar-refractivity contribution in [2.24, 2.45) is 0 Å². The molecule has 0 fully saturated rings. The number of nitrogens with one attached hydrogen (secondary N) is 2. The number of rotatable bonds is 3. The molecule has 5 heteroatoms. The second-order valence-corrected chi connectivity index (χ2v) is 3.39. The zero-order valence-electron chi connectivity index (χ0n) is 8.60. The molecule has 0 bridgehead atoms. The Morgan fingerprint density at radius 1 is 1.38 bits per heavy atom. The van der Waals surface area contributed by atoms with Gasteiger partial charge in [-0.15, -0.1) is 0 Å². The van der Waals surface area contributed by atoms with E-state index in [1.165, 1.54) is 12.5 Å². The first kappa shape index (κ1) is 10.2. The molecule has 1 heterocycles. The largest absolute Gasteiger partial charge is 0.399 e. The second-order valence-electron chi connectivity index (χ2n) is 3.39. The molecule has 0 spiro atoms. The van der Waals surface area contributed by atoms with Crippen LogP contribution in [0.4, 0.5) is 5.69 Å². The van der Waals surface area contributed by atoms with Crippen molar-refractivity contribution in [3.63, 3.8) is 0 Å². The summed E-state index contributed by atoms with van der Waals surface area (Å²) < 4.78 is 0. The molecular formula is C11H12N4O. The van der Waals surface area contributed by atoms with E-state index in [4.69, 9.17) is 5.73 Å². The lowest BCUT2D eigenvalue weighted by atomic mass is 10.2. The van der Waals surface area contributed by atoms with Crippen molar-refractivity contribution in [2.45, 2.75) is 6.54 Å². The number of aromatic amines is 1. The first-order valence-corrected chi connectivity index (χ1v) is 4.87. The highest BCUT2D eigenvalue weighted by molar-refractivity contribution is 5.91. The Bertz CT molecular complexity index is 461. The molecule has 0 saturated heterocycles. The van der Waals surface area contributed by atoms with Crippen LogP contribution in [-0.2, 0) is 6.54 Å². The molecule has 1 amide bonds. The van der Waals surface area contributed by atoms with Gasteiger partial charge in [0.05, 0.1) is 12.5 Å². The van der Waals surface area contributed by atoms with Crippen LogP contribution >= 0.6 is 0 Å². The topological polar surface area (TPSA) is 83.8 Å². The Morgan fingerprint density at radius 2 is 2.12 bits per heavy atom. The quantitative estimate of drug-likeness (QED) is 0.667. The van der Waals surface area contributed by atoms with E-state index < -0.39 is 0 Å². The van der Waals surface area contributed by atoms with Gasteiger partial charge in [0.1, 0.15) is 5.69 Å². The fraction of sp³-hybridized carbons (Fsp3) is 0.0909. The molecule has 16 heavy (non-hydrogen) atoms. The van der Waals surface area contributed by atoms with E-state index in [0.717, 1.165) is 5.56 Å². The van der Waals surface area contributed by atoms with Crippen LogP contribution in [0.5, 0.6) is 0 Å². The molecule has 1 aromatic carbocycles. The van der Waals surface area contributed by atoms with Gasteiger partial charge in [0.15, 0.2) is 0 Å². The Hall–Kier alpha value is -2.30. The number of benzene rings is 1. The van der Waals surface area contributed by atoms with Gasteiger partial charge in [-0.05, 0) is 17.7 Å². The van der Waals surface area contributed by atoms with Gasteiger partial charge in [-0.3, -0.25) is 4.79 Å². The van der Waals surface area contributed by atoms with Crippen molar-refractivity contribution < 1.29 is 4.79 Å². The number of nitrogens with zero attached hydrogens (tertiary/aromatic N) is 1. The van der Waals surface area contributed by atoms with Crippen molar-refractivity contribution >= 4 is 11.6 Å². The van der Waals surface area contributed by atoms with Gasteiger partial charge in [0.25, 0.3) is 5.91 Å². The predicted molar refractivity (Wildman–Crippen MR) is 60.6 cm³/mol. The maximum Gasteiger partial charge on any atom is 0.269 e. The van der Waals surface area contributed by atoms with Crippen molar-refractivity contribution in [3.8, 4) is 0 Å². The van der Waals surface area contributed by atoms with Crippen LogP contribution in [-0.4, -0.2) is 15.9 Å². The van der Waals surface area contributed by atoms with Gasteiger partial charge in [-0.2, -0.15) is 0 Å². The highest BCUT2D eigenvalue weighted by Crippen LogP contribution is 2.05. The summed E-state index contributed by atoms with van der Waals surface area (Å²) in [5, 5.41) is 2.77. The van der Waals surface area contributed by atoms with Crippen molar-refractivity contribution in [2.75, 3.05) is 5.73 Å². The molecule has 82 valence electrons. The van der Waals surface area contributed by atoms with E-state index in [-0.39, 0.29) is 5.91 Å². The highest BCUT2D eigenvalue weighted by atomic mass is 16.1. The number of carbonyl (C=O) groups is 1. The van der Waals surface area contributed by atoms with E-state index in [1.807, 2.05) is 12.1 Å². The molecule has 2 rings (SSSR count). The lowest BCUT2D eigenvalue weighted by Gasteiger charge is -2.03. The number of nitrogens with two attached hydrogens (primary N) is 1. The standard InChI is InChI=1S/C11H12N4O/c12-9-3-1-8(2-4-9)5-14-11(16)10-6-13-7-15-10/h1-4,6-7H,5,12H2,(H,13,15)(H,14,16). The van der Waals surface area contributed by atoms with Crippen molar-refractivity contribution in [1.82, 2.24) is 15.3 Å². The molecule has 0 radical (unpaired) electrons. The minimum Gasteiger partial charge on any atom is -0.399 e. The number of H-pyrrole nitrogens is 1. The Balaban J connectivity index is 1.93. The Morgan fingerprint density at radius 3 is 2.75 bits per heavy atom. The summed E-state index contributed by atoms with van der Waals surface area (Å²) in [7, 11) is 0. The fourth-order valence-corrected chi connectivity index (χ4v) is 1.29. The number of hydrogen-bond acceptors (Lipinski definition) is 3. The van der Waals surface area contributed by atoms with E-state index in [0.29, 0.717) is 17.9 Å². The van der Waals surface area contributed by atoms with E-state index >= 15 is 0 Å². The number of nitrogen functional groups attached to an aromatic ring is 1. The monoisotopic (exact) mass is 216 g/mol. The second kappa shape index (κ2) is 4.48. The van der Waals surface area contributed by atoms with Crippen LogP contribution in [0.2, 0.25) is 0 Å². The average molecular weight is 216 g/mol. The van der Waals surface area contributed by atoms with Crippen LogP contribution in [0, 0.1) is 0 Å². The van der Waals surface area contributed by atoms with Gasteiger partial charge in [-0.1, -0.05) is 12.1 Å². The number of aromatic nitrogens is 2. The molecule has 5 nitrogen and oxygen atoms in total. The third kappa shape index (κ3) is 2.38. The molecule has 0 aliphatic carbocycles. The smallest absolute Gasteiger partial charge is 0.269 e. The molecule has 0 atom stereocenters. The lowest BCUT2D eigenvalue weighted by molar-refractivity contribution is 0.0946. The number of amides is 1. The maximum atomic E-state index is 11.5. The number of imidazole rings is 1. The first-order valence-electron chi connectivity index (χ1n) is 4.87. The number of hydrogen-bond donors (Lipinski definition) is 3. The fourth-order valence-electron chi connectivity index (χ4n) is 1.29. The van der Waals surface area contributed by atoms with Gasteiger partial charge in [0, 0.05) is 12.2 Å². The molecule has 1 aromatic heterocycles. The maximum absolute atomic E-state index is 11.5. The molecule has 0 saturated carbocycles. The molecule has 0 aliphatic rings. The van der Waals surface area contributed by atoms with Crippen molar-refractivity contribution in [3.05, 3.63) is 48.0 Å². The molecule has 0 unspecified atom stereocenters. The van der Waals surface area contributed by atoms with Gasteiger partial charge < -0.3 is 16.0 Å². The Labute approximate surface area is 92.7 Å². The van der Waals surface area contributed by atoms with Gasteiger partial charge >= 0.3 is 0 Å². The van der Waals surface area contributed by atoms with Crippen LogP contribution in [0.15, 0.2) is 36.8 Å². The predicted octanol–water partition coefficient (Wildman–Crippen LogP) is 0.922. The molecular weight excluding hydrogens is 204 g/mol. The summed E-state index contributed by atoms with van der Waals surface area (Å²) in [6, 6.07) is 7.36. The van der Waals surface area contributed by atoms with E-state index in [2.05, 4.69) is 15.3 Å². The summed E-state index contributed by atoms with van der Waals surface area (Å²) >= 11 is 0. The molecule has 0 aliphatic heterocycles. The van der Waals surface area contributed by atoms with Gasteiger partial charge in [0.2, 0.25) is 0 Å². The number of carbonyl (C=O) groups excluding carboxylic acids is 1. The zero-order valence-corrected chi connectivity index (χ0v) is 8.60. The van der Waals surface area contributed by atoms with Crippen LogP contribution in [0.25, 0.3) is 0 Å². The zero-order chi connectivity index (χ0) is 11.4. The minimum absolute atomic E-state index is 0.172.